The number of hydrogen-bond donors (Lipinski definition) is 0. The second-order valence-corrected chi connectivity index (χ2v) is 6.57. The number of Topliss-reactive ketones (excluding diaryl/α,β-unsaturated/α-hetero) is 1. The fourth-order valence-corrected chi connectivity index (χ4v) is 3.34. The summed E-state index contributed by atoms with van der Waals surface area (Å²) in [5.74, 6) is -3.60. The van der Waals surface area contributed by atoms with Crippen LogP contribution in [0, 0.1) is 24.7 Å². The molecule has 2 rings (SSSR count). The molecule has 3 atom stereocenters. The summed E-state index contributed by atoms with van der Waals surface area (Å²) in [4.78, 5) is 36.8. The summed E-state index contributed by atoms with van der Waals surface area (Å²) in [5, 5.41) is 0. The van der Waals surface area contributed by atoms with Gasteiger partial charge < -0.3 is 9.47 Å². The first kappa shape index (κ1) is 17.2. The molecule has 124 valence electrons. The minimum Gasteiger partial charge on any atom is -0.468 e. The van der Waals surface area contributed by atoms with Gasteiger partial charge in [0.05, 0.1) is 7.11 Å². The van der Waals surface area contributed by atoms with Crippen LogP contribution in [0.25, 0.3) is 0 Å². The highest BCUT2D eigenvalue weighted by molar-refractivity contribution is 6.01. The minimum absolute atomic E-state index is 0.115. The lowest BCUT2D eigenvalue weighted by molar-refractivity contribution is -0.156. The summed E-state index contributed by atoms with van der Waals surface area (Å²) < 4.78 is 10.1. The Morgan fingerprint density at radius 2 is 1.78 bits per heavy atom. The summed E-state index contributed by atoms with van der Waals surface area (Å²) in [7, 11) is 1.23. The predicted octanol–water partition coefficient (Wildman–Crippen LogP) is 2.55. The van der Waals surface area contributed by atoms with Gasteiger partial charge in [0, 0.05) is 17.4 Å². The molecule has 0 spiro atoms. The van der Waals surface area contributed by atoms with E-state index in [-0.39, 0.29) is 5.78 Å². The second-order valence-electron chi connectivity index (χ2n) is 6.57. The van der Waals surface area contributed by atoms with Crippen LogP contribution in [0.5, 0.6) is 0 Å². The highest BCUT2D eigenvalue weighted by atomic mass is 16.6. The summed E-state index contributed by atoms with van der Waals surface area (Å²) in [6.07, 6.45) is 0. The first-order chi connectivity index (χ1) is 10.7. The van der Waals surface area contributed by atoms with Gasteiger partial charge in [0.2, 0.25) is 0 Å². The summed E-state index contributed by atoms with van der Waals surface area (Å²) in [6.45, 7) is 7.11. The Bertz CT molecular complexity index is 629. The normalized spacial score (nSPS) is 24.0. The Morgan fingerprint density at radius 1 is 1.22 bits per heavy atom. The van der Waals surface area contributed by atoms with Crippen LogP contribution >= 0.6 is 0 Å². The number of cyclic esters (lactones) is 1. The molecular weight excluding hydrogens is 296 g/mol. The molecule has 0 unspecified atom stereocenters. The average Bonchev–Trinajstić information content (AvgIpc) is 2.74. The van der Waals surface area contributed by atoms with E-state index >= 15 is 0 Å². The van der Waals surface area contributed by atoms with E-state index in [0.717, 1.165) is 5.56 Å². The van der Waals surface area contributed by atoms with E-state index in [1.165, 1.54) is 7.11 Å². The highest BCUT2D eigenvalue weighted by Crippen LogP contribution is 2.43. The van der Waals surface area contributed by atoms with E-state index in [1.807, 2.05) is 19.1 Å². The van der Waals surface area contributed by atoms with Gasteiger partial charge in [-0.2, -0.15) is 0 Å². The van der Waals surface area contributed by atoms with Crippen LogP contribution in [-0.4, -0.2) is 30.4 Å². The Balaban J connectivity index is 2.35. The number of benzene rings is 1. The van der Waals surface area contributed by atoms with Crippen molar-refractivity contribution >= 4 is 17.7 Å². The molecule has 23 heavy (non-hydrogen) atoms. The Morgan fingerprint density at radius 3 is 2.30 bits per heavy atom. The van der Waals surface area contributed by atoms with Crippen molar-refractivity contribution in [2.45, 2.75) is 33.3 Å². The zero-order chi connectivity index (χ0) is 17.4. The van der Waals surface area contributed by atoms with Gasteiger partial charge in [-0.1, -0.05) is 36.8 Å². The van der Waals surface area contributed by atoms with E-state index < -0.39 is 35.3 Å². The molecule has 0 radical (unpaired) electrons. The molecule has 0 saturated carbocycles. The van der Waals surface area contributed by atoms with Crippen molar-refractivity contribution < 1.29 is 23.9 Å². The number of carbonyl (C=O) groups is 3. The molecule has 1 saturated heterocycles. The maximum absolute atomic E-state index is 12.8. The summed E-state index contributed by atoms with van der Waals surface area (Å²) in [5.41, 5.74) is 0.707. The summed E-state index contributed by atoms with van der Waals surface area (Å²) in [6, 6.07) is 7.23. The number of ether oxygens (including phenoxy) is 2. The van der Waals surface area contributed by atoms with Gasteiger partial charge in [-0.15, -0.1) is 0 Å². The van der Waals surface area contributed by atoms with Gasteiger partial charge >= 0.3 is 11.9 Å². The van der Waals surface area contributed by atoms with E-state index in [0.29, 0.717) is 5.56 Å². The van der Waals surface area contributed by atoms with Gasteiger partial charge in [0.15, 0.2) is 11.7 Å². The van der Waals surface area contributed by atoms with Gasteiger partial charge in [-0.25, -0.2) is 0 Å². The first-order valence-electron chi connectivity index (χ1n) is 7.60. The smallest absolute Gasteiger partial charge is 0.321 e. The van der Waals surface area contributed by atoms with Crippen LogP contribution in [0.3, 0.4) is 0 Å². The number of rotatable bonds is 4. The second kappa shape index (κ2) is 6.14. The molecule has 5 heteroatoms. The zero-order valence-electron chi connectivity index (χ0n) is 14.1. The first-order valence-corrected chi connectivity index (χ1v) is 7.60. The molecule has 1 aromatic rings. The van der Waals surface area contributed by atoms with Gasteiger partial charge in [-0.05, 0) is 20.8 Å². The summed E-state index contributed by atoms with van der Waals surface area (Å²) >= 11 is 0. The fraction of sp³-hybridized carbons (Fsp3) is 0.500. The fourth-order valence-electron chi connectivity index (χ4n) is 3.34. The van der Waals surface area contributed by atoms with Crippen molar-refractivity contribution in [2.24, 2.45) is 17.8 Å². The largest absolute Gasteiger partial charge is 0.468 e. The third-order valence-electron chi connectivity index (χ3n) is 4.52. The lowest BCUT2D eigenvalue weighted by atomic mass is 9.72. The third kappa shape index (κ3) is 3.14. The van der Waals surface area contributed by atoms with E-state index in [4.69, 9.17) is 9.47 Å². The predicted molar refractivity (Wildman–Crippen MR) is 83.8 cm³/mol. The van der Waals surface area contributed by atoms with Crippen molar-refractivity contribution in [2.75, 3.05) is 7.11 Å². The Hall–Kier alpha value is -2.17. The quantitative estimate of drug-likeness (QED) is 0.485. The Labute approximate surface area is 136 Å². The van der Waals surface area contributed by atoms with Gasteiger partial charge in [0.1, 0.15) is 5.60 Å². The third-order valence-corrected chi connectivity index (χ3v) is 4.52. The van der Waals surface area contributed by atoms with Crippen molar-refractivity contribution in [3.05, 3.63) is 35.4 Å². The average molecular weight is 318 g/mol. The SMILES string of the molecule is COC(=O)[C@@H]1C(=O)OC(C)(C)[C@@H]1[C@H](C)C(=O)c1ccc(C)cc1. The molecule has 0 N–H and O–H groups in total. The topological polar surface area (TPSA) is 69.7 Å². The molecule has 1 aromatic carbocycles. The van der Waals surface area contributed by atoms with Crippen molar-refractivity contribution in [1.29, 1.82) is 0 Å². The van der Waals surface area contributed by atoms with Crippen LogP contribution in [-0.2, 0) is 19.1 Å². The lowest BCUT2D eigenvalue weighted by Crippen LogP contribution is -2.41. The number of hydrogen-bond acceptors (Lipinski definition) is 5. The molecule has 0 amide bonds. The van der Waals surface area contributed by atoms with E-state index in [2.05, 4.69) is 0 Å². The molecule has 1 aliphatic rings. The molecule has 1 heterocycles. The number of methoxy groups -OCH3 is 1. The minimum atomic E-state index is -1.07. The van der Waals surface area contributed by atoms with Crippen LogP contribution in [0.4, 0.5) is 0 Å². The molecule has 1 aliphatic heterocycles. The molecule has 0 bridgehead atoms. The van der Waals surface area contributed by atoms with Crippen LogP contribution in [0.15, 0.2) is 24.3 Å². The molecular formula is C18H22O5. The number of carbonyl (C=O) groups excluding carboxylic acids is 3. The monoisotopic (exact) mass is 318 g/mol. The van der Waals surface area contributed by atoms with E-state index in [1.54, 1.807) is 32.9 Å². The van der Waals surface area contributed by atoms with Gasteiger partial charge in [-0.3, -0.25) is 14.4 Å². The molecule has 0 aromatic heterocycles. The van der Waals surface area contributed by atoms with Crippen LogP contribution in [0.1, 0.15) is 36.7 Å². The van der Waals surface area contributed by atoms with Crippen molar-refractivity contribution in [1.82, 2.24) is 0 Å². The lowest BCUT2D eigenvalue weighted by Gasteiger charge is -2.30. The molecule has 1 fully saturated rings. The van der Waals surface area contributed by atoms with Crippen molar-refractivity contribution in [3.8, 4) is 0 Å². The number of esters is 2. The maximum atomic E-state index is 12.8. The maximum Gasteiger partial charge on any atom is 0.321 e. The number of ketones is 1. The highest BCUT2D eigenvalue weighted by Gasteiger charge is 2.57. The van der Waals surface area contributed by atoms with Crippen LogP contribution in [0.2, 0.25) is 0 Å². The number of aryl methyl sites for hydroxylation is 1. The van der Waals surface area contributed by atoms with Crippen LogP contribution < -0.4 is 0 Å². The zero-order valence-corrected chi connectivity index (χ0v) is 14.1. The molecule has 5 nitrogen and oxygen atoms in total. The standard InChI is InChI=1S/C18H22O5/c1-10-6-8-12(9-7-10)15(19)11(2)14-13(16(20)22-5)17(21)23-18(14,3)4/h6-9,11,13-14H,1-5H3/t11-,13+,14+/m0/s1. The Kier molecular flexibility index (Phi) is 4.59. The molecule has 0 aliphatic carbocycles. The van der Waals surface area contributed by atoms with Gasteiger partial charge in [0.25, 0.3) is 0 Å². The van der Waals surface area contributed by atoms with E-state index in [9.17, 15) is 14.4 Å². The van der Waals surface area contributed by atoms with Crippen molar-refractivity contribution in [3.63, 3.8) is 0 Å².